The minimum Gasteiger partial charge on any atom is -0.491 e. The molecule has 0 bridgehead atoms. The van der Waals surface area contributed by atoms with Gasteiger partial charge in [0.05, 0.1) is 17.2 Å². The maximum Gasteiger partial charge on any atom is 0.262 e. The van der Waals surface area contributed by atoms with Gasteiger partial charge in [0.15, 0.2) is 0 Å². The molecule has 130 valence electrons. The quantitative estimate of drug-likeness (QED) is 0.776. The molecule has 2 aromatic rings. The van der Waals surface area contributed by atoms with Crippen LogP contribution in [0.5, 0.6) is 5.75 Å². The van der Waals surface area contributed by atoms with Crippen LogP contribution in [0.25, 0.3) is 0 Å². The molecule has 0 aromatic heterocycles. The number of methoxy groups -OCH3 is 1. The largest absolute Gasteiger partial charge is 0.491 e. The van der Waals surface area contributed by atoms with Crippen LogP contribution < -0.4 is 9.46 Å². The van der Waals surface area contributed by atoms with Crippen molar-refractivity contribution in [2.75, 3.05) is 25.0 Å². The zero-order valence-corrected chi connectivity index (χ0v) is 14.6. The highest BCUT2D eigenvalue weighted by Crippen LogP contribution is 2.25. The topological polar surface area (TPSA) is 64.6 Å². The average Bonchev–Trinajstić information content (AvgIpc) is 2.52. The van der Waals surface area contributed by atoms with Crippen molar-refractivity contribution >= 4 is 15.7 Å². The normalized spacial score (nSPS) is 11.3. The molecule has 24 heavy (non-hydrogen) atoms. The van der Waals surface area contributed by atoms with E-state index in [0.717, 1.165) is 5.56 Å². The van der Waals surface area contributed by atoms with Crippen molar-refractivity contribution in [3.8, 4) is 5.75 Å². The molecule has 0 amide bonds. The second-order valence-corrected chi connectivity index (χ2v) is 7.04. The van der Waals surface area contributed by atoms with Crippen molar-refractivity contribution in [1.82, 2.24) is 0 Å². The summed E-state index contributed by atoms with van der Waals surface area (Å²) in [6.45, 7) is 4.31. The second-order valence-electron chi connectivity index (χ2n) is 5.36. The van der Waals surface area contributed by atoms with Gasteiger partial charge in [0, 0.05) is 7.11 Å². The smallest absolute Gasteiger partial charge is 0.262 e. The van der Waals surface area contributed by atoms with Crippen LogP contribution in [0.4, 0.5) is 10.1 Å². The Bertz CT molecular complexity index is 821. The highest BCUT2D eigenvalue weighted by Gasteiger charge is 2.17. The molecule has 0 aliphatic heterocycles. The Morgan fingerprint density at radius 3 is 2.50 bits per heavy atom. The van der Waals surface area contributed by atoms with Gasteiger partial charge in [-0.2, -0.15) is 0 Å². The maximum atomic E-state index is 13.8. The highest BCUT2D eigenvalue weighted by molar-refractivity contribution is 7.92. The molecule has 0 radical (unpaired) electrons. The SMILES string of the molecule is COCCOc1ccc(S(=O)(=O)Nc2cc(C)ccc2F)cc1C. The number of nitrogens with one attached hydrogen (secondary N) is 1. The van der Waals surface area contributed by atoms with Crippen LogP contribution in [-0.4, -0.2) is 28.7 Å². The van der Waals surface area contributed by atoms with E-state index in [0.29, 0.717) is 24.5 Å². The minimum atomic E-state index is -3.89. The van der Waals surface area contributed by atoms with Crippen molar-refractivity contribution in [3.05, 3.63) is 53.3 Å². The Balaban J connectivity index is 2.23. The third-order valence-corrected chi connectivity index (χ3v) is 4.73. The molecule has 1 N–H and O–H groups in total. The van der Waals surface area contributed by atoms with Gasteiger partial charge in [-0.05, 0) is 55.3 Å². The van der Waals surface area contributed by atoms with Gasteiger partial charge in [-0.25, -0.2) is 12.8 Å². The van der Waals surface area contributed by atoms with E-state index >= 15 is 0 Å². The van der Waals surface area contributed by atoms with Gasteiger partial charge in [0.25, 0.3) is 10.0 Å². The number of sulfonamides is 1. The van der Waals surface area contributed by atoms with Crippen LogP contribution >= 0.6 is 0 Å². The molecule has 0 saturated carbocycles. The molecule has 0 aliphatic carbocycles. The third kappa shape index (κ3) is 4.46. The van der Waals surface area contributed by atoms with Gasteiger partial charge >= 0.3 is 0 Å². The average molecular weight is 353 g/mol. The fourth-order valence-electron chi connectivity index (χ4n) is 2.11. The monoisotopic (exact) mass is 353 g/mol. The molecule has 0 fully saturated rings. The van der Waals surface area contributed by atoms with Gasteiger partial charge in [-0.15, -0.1) is 0 Å². The van der Waals surface area contributed by atoms with Crippen LogP contribution in [0, 0.1) is 19.7 Å². The van der Waals surface area contributed by atoms with E-state index in [1.165, 1.54) is 24.3 Å². The van der Waals surface area contributed by atoms with Gasteiger partial charge in [-0.3, -0.25) is 4.72 Å². The first kappa shape index (κ1) is 18.2. The molecule has 0 spiro atoms. The minimum absolute atomic E-state index is 0.0417. The fraction of sp³-hybridized carbons (Fsp3) is 0.294. The Kier molecular flexibility index (Phi) is 5.80. The summed E-state index contributed by atoms with van der Waals surface area (Å²) in [7, 11) is -2.32. The lowest BCUT2D eigenvalue weighted by atomic mass is 10.2. The van der Waals surface area contributed by atoms with Crippen molar-refractivity contribution in [3.63, 3.8) is 0 Å². The molecular formula is C17H20FNO4S. The molecule has 2 rings (SSSR count). The molecule has 0 atom stereocenters. The second kappa shape index (κ2) is 7.63. The molecular weight excluding hydrogens is 333 g/mol. The van der Waals surface area contributed by atoms with E-state index in [1.807, 2.05) is 0 Å². The van der Waals surface area contributed by atoms with Crippen LogP contribution in [0.1, 0.15) is 11.1 Å². The number of rotatable bonds is 7. The lowest BCUT2D eigenvalue weighted by molar-refractivity contribution is 0.146. The summed E-state index contributed by atoms with van der Waals surface area (Å²) in [6, 6.07) is 8.73. The number of hydrogen-bond acceptors (Lipinski definition) is 4. The molecule has 0 unspecified atom stereocenters. The van der Waals surface area contributed by atoms with Gasteiger partial charge in [-0.1, -0.05) is 6.07 Å². The summed E-state index contributed by atoms with van der Waals surface area (Å²) in [5.74, 6) is -0.0480. The molecule has 0 saturated heterocycles. The Hall–Kier alpha value is -2.12. The lowest BCUT2D eigenvalue weighted by Crippen LogP contribution is -2.14. The van der Waals surface area contributed by atoms with E-state index in [4.69, 9.17) is 9.47 Å². The number of ether oxygens (including phenoxy) is 2. The number of aryl methyl sites for hydroxylation is 2. The summed E-state index contributed by atoms with van der Waals surface area (Å²) in [5, 5.41) is 0. The molecule has 0 heterocycles. The summed E-state index contributed by atoms with van der Waals surface area (Å²) in [5.41, 5.74) is 1.35. The van der Waals surface area contributed by atoms with Crippen LogP contribution in [0.3, 0.4) is 0 Å². The molecule has 0 aliphatic rings. The summed E-state index contributed by atoms with van der Waals surface area (Å²) < 4.78 is 51.4. The van der Waals surface area contributed by atoms with Crippen LogP contribution in [0.2, 0.25) is 0 Å². The first-order chi connectivity index (χ1) is 11.3. The van der Waals surface area contributed by atoms with Crippen molar-refractivity contribution < 1.29 is 22.3 Å². The fourth-order valence-corrected chi connectivity index (χ4v) is 3.25. The standard InChI is InChI=1S/C17H20FNO4S/c1-12-4-6-15(18)16(10-12)19-24(20,21)14-5-7-17(13(2)11-14)23-9-8-22-3/h4-7,10-11,19H,8-9H2,1-3H3. The lowest BCUT2D eigenvalue weighted by Gasteiger charge is -2.12. The van der Waals surface area contributed by atoms with Crippen molar-refractivity contribution in [2.45, 2.75) is 18.7 Å². The third-order valence-electron chi connectivity index (χ3n) is 3.37. The van der Waals surface area contributed by atoms with E-state index in [2.05, 4.69) is 4.72 Å². The van der Waals surface area contributed by atoms with E-state index in [9.17, 15) is 12.8 Å². The van der Waals surface area contributed by atoms with E-state index in [-0.39, 0.29) is 10.6 Å². The van der Waals surface area contributed by atoms with Gasteiger partial charge in [0.1, 0.15) is 18.2 Å². The first-order valence-corrected chi connectivity index (χ1v) is 8.83. The molecule has 2 aromatic carbocycles. The molecule has 7 heteroatoms. The summed E-state index contributed by atoms with van der Waals surface area (Å²) >= 11 is 0. The summed E-state index contributed by atoms with van der Waals surface area (Å²) in [6.07, 6.45) is 0. The Morgan fingerprint density at radius 2 is 1.83 bits per heavy atom. The maximum absolute atomic E-state index is 13.8. The van der Waals surface area contributed by atoms with Gasteiger partial charge in [0.2, 0.25) is 0 Å². The number of halogens is 1. The number of anilines is 1. The summed E-state index contributed by atoms with van der Waals surface area (Å²) in [4.78, 5) is 0.0417. The predicted molar refractivity (Wildman–Crippen MR) is 90.5 cm³/mol. The molecule has 5 nitrogen and oxygen atoms in total. The predicted octanol–water partition coefficient (Wildman–Crippen LogP) is 3.27. The zero-order chi connectivity index (χ0) is 17.7. The van der Waals surface area contributed by atoms with Crippen LogP contribution in [-0.2, 0) is 14.8 Å². The van der Waals surface area contributed by atoms with E-state index < -0.39 is 15.8 Å². The first-order valence-electron chi connectivity index (χ1n) is 7.35. The highest BCUT2D eigenvalue weighted by atomic mass is 32.2. The Morgan fingerprint density at radius 1 is 1.08 bits per heavy atom. The van der Waals surface area contributed by atoms with Crippen molar-refractivity contribution in [1.29, 1.82) is 0 Å². The zero-order valence-electron chi connectivity index (χ0n) is 13.8. The number of hydrogen-bond donors (Lipinski definition) is 1. The number of benzene rings is 2. The van der Waals surface area contributed by atoms with Crippen LogP contribution in [0.15, 0.2) is 41.3 Å². The van der Waals surface area contributed by atoms with Crippen molar-refractivity contribution in [2.24, 2.45) is 0 Å². The van der Waals surface area contributed by atoms with Gasteiger partial charge < -0.3 is 9.47 Å². The van der Waals surface area contributed by atoms with E-state index in [1.54, 1.807) is 33.1 Å². The Labute approximate surface area is 141 Å².